The predicted molar refractivity (Wildman–Crippen MR) is 97.9 cm³/mol. The van der Waals surface area contributed by atoms with Crippen LogP contribution in [-0.4, -0.2) is 50.6 Å². The van der Waals surface area contributed by atoms with Crippen molar-refractivity contribution in [1.82, 2.24) is 9.80 Å². The Morgan fingerprint density at radius 3 is 2.63 bits per heavy atom. The van der Waals surface area contributed by atoms with Crippen LogP contribution in [0.25, 0.3) is 0 Å². The molecule has 0 saturated heterocycles. The lowest BCUT2D eigenvalue weighted by Gasteiger charge is -2.36. The van der Waals surface area contributed by atoms with Gasteiger partial charge in [0.1, 0.15) is 5.00 Å². The van der Waals surface area contributed by atoms with Gasteiger partial charge in [0, 0.05) is 23.5 Å². The van der Waals surface area contributed by atoms with Crippen LogP contribution in [0.4, 0.5) is 9.80 Å². The molecule has 2 aromatic rings. The molecule has 4 rings (SSSR count). The van der Waals surface area contributed by atoms with Gasteiger partial charge in [0.2, 0.25) is 0 Å². The zero-order valence-electron chi connectivity index (χ0n) is 14.2. The van der Waals surface area contributed by atoms with E-state index >= 15 is 0 Å². The predicted octanol–water partition coefficient (Wildman–Crippen LogP) is 2.09. The molecule has 8 nitrogen and oxygen atoms in total. The first kappa shape index (κ1) is 17.3. The maximum Gasteiger partial charge on any atom is 0.407 e. The zero-order chi connectivity index (χ0) is 19.3. The minimum absolute atomic E-state index is 0.0565. The van der Waals surface area contributed by atoms with Crippen molar-refractivity contribution in [2.24, 2.45) is 0 Å². The highest BCUT2D eigenvalue weighted by Crippen LogP contribution is 2.37. The maximum atomic E-state index is 12.6. The van der Waals surface area contributed by atoms with Gasteiger partial charge in [-0.25, -0.2) is 9.59 Å². The Morgan fingerprint density at radius 1 is 1.22 bits per heavy atom. The molecule has 1 atom stereocenters. The first-order valence-electron chi connectivity index (χ1n) is 8.37. The van der Waals surface area contributed by atoms with E-state index in [9.17, 15) is 24.6 Å². The maximum absolute atomic E-state index is 12.6. The Labute approximate surface area is 158 Å². The average molecular weight is 387 g/mol. The molecule has 2 aliphatic heterocycles. The summed E-state index contributed by atoms with van der Waals surface area (Å²) in [5.74, 6) is -1.25. The lowest BCUT2D eigenvalue weighted by Crippen LogP contribution is -2.49. The average Bonchev–Trinajstić information content (AvgIpc) is 3.10. The molecule has 9 heteroatoms. The summed E-state index contributed by atoms with van der Waals surface area (Å²) in [6, 6.07) is 6.76. The highest BCUT2D eigenvalue weighted by atomic mass is 32.1. The van der Waals surface area contributed by atoms with Crippen LogP contribution in [0.2, 0.25) is 0 Å². The van der Waals surface area contributed by atoms with Crippen molar-refractivity contribution in [3.8, 4) is 0 Å². The number of thiophene rings is 1. The molecule has 0 saturated carbocycles. The fourth-order valence-electron chi connectivity index (χ4n) is 3.84. The van der Waals surface area contributed by atoms with Crippen molar-refractivity contribution in [3.63, 3.8) is 0 Å². The van der Waals surface area contributed by atoms with E-state index in [4.69, 9.17) is 5.73 Å². The molecule has 4 N–H and O–H groups in total. The molecule has 27 heavy (non-hydrogen) atoms. The van der Waals surface area contributed by atoms with Crippen molar-refractivity contribution >= 4 is 34.3 Å². The Kier molecular flexibility index (Phi) is 4.03. The Balaban J connectivity index is 1.63. The van der Waals surface area contributed by atoms with Gasteiger partial charge in [-0.05, 0) is 23.6 Å². The lowest BCUT2D eigenvalue weighted by atomic mass is 9.96. The molecule has 0 radical (unpaired) electrons. The van der Waals surface area contributed by atoms with Crippen molar-refractivity contribution < 1.29 is 24.6 Å². The highest BCUT2D eigenvalue weighted by molar-refractivity contribution is 7.16. The number of carboxylic acid groups (broad SMARTS) is 2. The van der Waals surface area contributed by atoms with E-state index in [2.05, 4.69) is 0 Å². The smallest absolute Gasteiger partial charge is 0.407 e. The van der Waals surface area contributed by atoms with Gasteiger partial charge in [-0.3, -0.25) is 9.69 Å². The standard InChI is InChI=1S/C18H17N3O5S/c19-15-14(17(23)24)12-5-10(21(18(25)26)8-13(12)27-15)7-20-6-9-3-1-2-4-11(9)16(20)22/h1-4,10H,5-8,19H2,(H,23,24)(H,25,26). The van der Waals surface area contributed by atoms with Crippen LogP contribution in [0.1, 0.15) is 36.7 Å². The summed E-state index contributed by atoms with van der Waals surface area (Å²) in [7, 11) is 0. The van der Waals surface area contributed by atoms with Gasteiger partial charge >= 0.3 is 12.1 Å². The van der Waals surface area contributed by atoms with E-state index in [1.807, 2.05) is 12.1 Å². The molecule has 0 bridgehead atoms. The third kappa shape index (κ3) is 2.80. The number of hydrogen-bond donors (Lipinski definition) is 3. The zero-order valence-corrected chi connectivity index (χ0v) is 15.0. The number of rotatable bonds is 3. The summed E-state index contributed by atoms with van der Waals surface area (Å²) in [6.07, 6.45) is -0.879. The van der Waals surface area contributed by atoms with Crippen LogP contribution in [-0.2, 0) is 19.5 Å². The molecule has 0 fully saturated rings. The van der Waals surface area contributed by atoms with E-state index in [1.54, 1.807) is 17.0 Å². The van der Waals surface area contributed by atoms with E-state index in [0.717, 1.165) is 16.9 Å². The van der Waals surface area contributed by atoms with Crippen LogP contribution in [0.5, 0.6) is 0 Å². The third-order valence-electron chi connectivity index (χ3n) is 5.10. The first-order valence-corrected chi connectivity index (χ1v) is 9.18. The summed E-state index contributed by atoms with van der Waals surface area (Å²) in [6.45, 7) is 0.698. The number of nitrogen functional groups attached to an aromatic ring is 1. The normalized spacial score (nSPS) is 18.4. The number of amides is 2. The summed E-state index contributed by atoms with van der Waals surface area (Å²) in [5.41, 5.74) is 8.01. The molecule has 0 spiro atoms. The monoisotopic (exact) mass is 387 g/mol. The number of fused-ring (bicyclic) bond motifs is 2. The summed E-state index contributed by atoms with van der Waals surface area (Å²) in [4.78, 5) is 39.5. The van der Waals surface area contributed by atoms with Gasteiger partial charge in [-0.2, -0.15) is 0 Å². The number of nitrogens with zero attached hydrogens (tertiary/aromatic N) is 2. The lowest BCUT2D eigenvalue weighted by molar-refractivity contribution is 0.0652. The molecular weight excluding hydrogens is 370 g/mol. The molecular formula is C18H17N3O5S. The minimum atomic E-state index is -1.11. The molecule has 1 unspecified atom stereocenters. The fraction of sp³-hybridized carbons (Fsp3) is 0.278. The number of nitrogens with two attached hydrogens (primary N) is 1. The van der Waals surface area contributed by atoms with Crippen molar-refractivity contribution in [1.29, 1.82) is 0 Å². The molecule has 3 heterocycles. The number of hydrogen-bond acceptors (Lipinski definition) is 5. The molecule has 1 aromatic heterocycles. The van der Waals surface area contributed by atoms with Gasteiger partial charge in [-0.1, -0.05) is 18.2 Å². The van der Waals surface area contributed by atoms with E-state index in [0.29, 0.717) is 22.5 Å². The van der Waals surface area contributed by atoms with Gasteiger partial charge in [-0.15, -0.1) is 11.3 Å². The SMILES string of the molecule is Nc1sc2c(c1C(=O)O)CC(CN1Cc3ccccc3C1=O)N(C(=O)O)C2. The summed E-state index contributed by atoms with van der Waals surface area (Å²) < 4.78 is 0. The first-order chi connectivity index (χ1) is 12.9. The van der Waals surface area contributed by atoms with Crippen molar-refractivity contribution in [2.45, 2.75) is 25.6 Å². The van der Waals surface area contributed by atoms with E-state index in [-0.39, 0.29) is 36.0 Å². The third-order valence-corrected chi connectivity index (χ3v) is 6.15. The van der Waals surface area contributed by atoms with E-state index in [1.165, 1.54) is 4.90 Å². The topological polar surface area (TPSA) is 124 Å². The highest BCUT2D eigenvalue weighted by Gasteiger charge is 2.38. The largest absolute Gasteiger partial charge is 0.478 e. The van der Waals surface area contributed by atoms with Crippen LogP contribution in [0.3, 0.4) is 0 Å². The molecule has 2 amide bonds. The van der Waals surface area contributed by atoms with Gasteiger partial charge in [0.15, 0.2) is 0 Å². The number of carboxylic acids is 1. The summed E-state index contributed by atoms with van der Waals surface area (Å²) >= 11 is 1.11. The molecule has 0 aliphatic carbocycles. The van der Waals surface area contributed by atoms with Gasteiger partial charge in [0.05, 0.1) is 18.2 Å². The number of carbonyl (C=O) groups excluding carboxylic acids is 1. The Morgan fingerprint density at radius 2 is 1.96 bits per heavy atom. The van der Waals surface area contributed by atoms with E-state index < -0.39 is 18.1 Å². The van der Waals surface area contributed by atoms with Gasteiger partial charge in [0.25, 0.3) is 5.91 Å². The van der Waals surface area contributed by atoms with Crippen molar-refractivity contribution in [3.05, 3.63) is 51.4 Å². The second kappa shape index (κ2) is 6.27. The van der Waals surface area contributed by atoms with Crippen LogP contribution in [0.15, 0.2) is 24.3 Å². The molecule has 2 aliphatic rings. The van der Waals surface area contributed by atoms with Crippen LogP contribution >= 0.6 is 11.3 Å². The number of benzene rings is 1. The Bertz CT molecular complexity index is 970. The molecule has 1 aromatic carbocycles. The summed E-state index contributed by atoms with van der Waals surface area (Å²) in [5, 5.41) is 19.2. The van der Waals surface area contributed by atoms with Crippen LogP contribution in [0, 0.1) is 0 Å². The van der Waals surface area contributed by atoms with Crippen molar-refractivity contribution in [2.75, 3.05) is 12.3 Å². The van der Waals surface area contributed by atoms with Crippen LogP contribution < -0.4 is 5.73 Å². The fourth-order valence-corrected chi connectivity index (χ4v) is 4.93. The Hall–Kier alpha value is -3.07. The number of aromatic carboxylic acids is 1. The number of anilines is 1. The number of carbonyl (C=O) groups is 3. The quantitative estimate of drug-likeness (QED) is 0.741. The van der Waals surface area contributed by atoms with Gasteiger partial charge < -0.3 is 20.8 Å². The second-order valence-electron chi connectivity index (χ2n) is 6.66. The minimum Gasteiger partial charge on any atom is -0.478 e. The second-order valence-corrected chi connectivity index (χ2v) is 7.80. The molecule has 140 valence electrons.